The van der Waals surface area contributed by atoms with Crippen LogP contribution in [0.5, 0.6) is 0 Å². The minimum Gasteiger partial charge on any atom is -0.480 e. The molecule has 0 unspecified atom stereocenters. The molecule has 2 saturated heterocycles. The van der Waals surface area contributed by atoms with E-state index >= 15 is 0 Å². The van der Waals surface area contributed by atoms with Crippen LogP contribution in [0, 0.1) is 5.92 Å². The predicted octanol–water partition coefficient (Wildman–Crippen LogP) is -7.09. The molecule has 2 aliphatic heterocycles. The Morgan fingerprint density at radius 3 is 1.78 bits per heavy atom. The van der Waals surface area contributed by atoms with Crippen molar-refractivity contribution in [1.82, 2.24) is 47.0 Å². The van der Waals surface area contributed by atoms with Crippen molar-refractivity contribution >= 4 is 65.1 Å². The monoisotopic (exact) mass is 956 g/mol. The van der Waals surface area contributed by atoms with Crippen molar-refractivity contribution in [3.8, 4) is 0 Å². The number of aliphatic hydroxyl groups excluding tert-OH is 3. The molecule has 67 heavy (non-hydrogen) atoms. The third-order valence-electron chi connectivity index (χ3n) is 11.3. The van der Waals surface area contributed by atoms with Crippen LogP contribution in [0.4, 0.5) is 0 Å². The SMILES string of the molecule is CC[C@H](C)[C@H](NC(=O)[C@@H]1CCCN1C(=O)[C@@H](NC(=O)[C@H](C)N)[C@@H](C)O)C(=O)N[C@@H](CO)C(=O)N1CCC[C@H]1C(=O)NCC(=O)N[C@@H](CCCN=C(N)N)C(=O)N[C@@H](C)C(=O)N[C@@H](CO)C(=O)O. The number of aliphatic carboxylic acids is 1. The smallest absolute Gasteiger partial charge is 0.328 e. The van der Waals surface area contributed by atoms with Gasteiger partial charge in [-0.25, -0.2) is 4.79 Å². The van der Waals surface area contributed by atoms with E-state index in [1.807, 2.05) is 0 Å². The third-order valence-corrected chi connectivity index (χ3v) is 11.3. The molecule has 9 amide bonds. The fourth-order valence-corrected chi connectivity index (χ4v) is 7.22. The summed E-state index contributed by atoms with van der Waals surface area (Å²) in [6, 6.07) is -11.7. The van der Waals surface area contributed by atoms with Gasteiger partial charge in [0.15, 0.2) is 5.96 Å². The number of carboxylic acid groups (broad SMARTS) is 1. The topological polar surface area (TPSA) is 433 Å². The minimum atomic E-state index is -1.64. The maximum atomic E-state index is 13.8. The summed E-state index contributed by atoms with van der Waals surface area (Å²) in [6.07, 6.45) is 0.255. The zero-order valence-electron chi connectivity index (χ0n) is 38.5. The Morgan fingerprint density at radius 1 is 0.687 bits per heavy atom. The lowest BCUT2D eigenvalue weighted by atomic mass is 9.97. The van der Waals surface area contributed by atoms with E-state index in [2.05, 4.69) is 42.2 Å². The molecule has 378 valence electrons. The van der Waals surface area contributed by atoms with Gasteiger partial charge >= 0.3 is 5.97 Å². The maximum Gasteiger partial charge on any atom is 0.328 e. The number of aliphatic hydroxyl groups is 3. The van der Waals surface area contributed by atoms with Crippen LogP contribution in [-0.2, 0) is 47.9 Å². The summed E-state index contributed by atoms with van der Waals surface area (Å²) in [7, 11) is 0. The molecule has 2 heterocycles. The second-order valence-corrected chi connectivity index (χ2v) is 16.6. The lowest BCUT2D eigenvalue weighted by Gasteiger charge is -2.32. The Morgan fingerprint density at radius 2 is 1.25 bits per heavy atom. The predicted molar refractivity (Wildman–Crippen MR) is 236 cm³/mol. The molecule has 0 aromatic carbocycles. The fraction of sp³-hybridized carbons (Fsp3) is 0.725. The summed E-state index contributed by atoms with van der Waals surface area (Å²) >= 11 is 0. The summed E-state index contributed by atoms with van der Waals surface area (Å²) in [5.41, 5.74) is 16.3. The number of amides is 9. The molecule has 2 aliphatic rings. The van der Waals surface area contributed by atoms with Gasteiger partial charge < -0.3 is 84.6 Å². The van der Waals surface area contributed by atoms with Gasteiger partial charge in [-0.2, -0.15) is 0 Å². The van der Waals surface area contributed by atoms with Gasteiger partial charge in [-0.3, -0.25) is 48.1 Å². The number of carbonyl (C=O) groups is 10. The number of likely N-dealkylation sites (tertiary alicyclic amines) is 2. The van der Waals surface area contributed by atoms with Crippen LogP contribution in [0.25, 0.3) is 0 Å². The lowest BCUT2D eigenvalue weighted by Crippen LogP contribution is -2.61. The van der Waals surface area contributed by atoms with Gasteiger partial charge in [-0.05, 0) is 65.2 Å². The highest BCUT2D eigenvalue weighted by molar-refractivity contribution is 5.98. The number of hydrogen-bond donors (Lipinski definition) is 14. The first kappa shape index (κ1) is 56.9. The average Bonchev–Trinajstić information content (AvgIpc) is 3.98. The van der Waals surface area contributed by atoms with Crippen LogP contribution < -0.4 is 54.4 Å². The number of guanidine groups is 1. The van der Waals surface area contributed by atoms with Crippen molar-refractivity contribution in [3.05, 3.63) is 0 Å². The van der Waals surface area contributed by atoms with Gasteiger partial charge in [0.05, 0.1) is 31.9 Å². The Labute approximate surface area is 387 Å². The lowest BCUT2D eigenvalue weighted by molar-refractivity contribution is -0.145. The number of nitrogens with one attached hydrogen (secondary N) is 7. The molecule has 0 spiro atoms. The number of nitrogens with zero attached hydrogens (tertiary/aromatic N) is 3. The van der Waals surface area contributed by atoms with E-state index in [9.17, 15) is 63.3 Å². The van der Waals surface area contributed by atoms with E-state index < -0.39 is 145 Å². The Hall–Kier alpha value is -6.19. The first-order valence-electron chi connectivity index (χ1n) is 22.1. The number of carbonyl (C=O) groups excluding carboxylic acids is 9. The molecule has 0 aromatic heterocycles. The first-order chi connectivity index (χ1) is 31.5. The van der Waals surface area contributed by atoms with Gasteiger partial charge in [0.1, 0.15) is 48.3 Å². The minimum absolute atomic E-state index is 0.0416. The van der Waals surface area contributed by atoms with Crippen molar-refractivity contribution in [2.75, 3.05) is 39.4 Å². The zero-order chi connectivity index (χ0) is 50.7. The molecule has 0 bridgehead atoms. The molecular formula is C40H69N13O14. The zero-order valence-corrected chi connectivity index (χ0v) is 38.5. The highest BCUT2D eigenvalue weighted by Gasteiger charge is 2.42. The van der Waals surface area contributed by atoms with E-state index in [1.54, 1.807) is 13.8 Å². The van der Waals surface area contributed by atoms with Gasteiger partial charge in [0.25, 0.3) is 0 Å². The molecule has 17 N–H and O–H groups in total. The Balaban J connectivity index is 2.13. The summed E-state index contributed by atoms with van der Waals surface area (Å²) in [4.78, 5) is 137. The van der Waals surface area contributed by atoms with E-state index in [4.69, 9.17) is 22.3 Å². The summed E-state index contributed by atoms with van der Waals surface area (Å²) in [5.74, 6) is -9.46. The highest BCUT2D eigenvalue weighted by Crippen LogP contribution is 2.22. The normalized spacial score (nSPS) is 19.7. The average molecular weight is 956 g/mol. The summed E-state index contributed by atoms with van der Waals surface area (Å²) < 4.78 is 0. The van der Waals surface area contributed by atoms with Crippen LogP contribution in [0.15, 0.2) is 4.99 Å². The van der Waals surface area contributed by atoms with Crippen molar-refractivity contribution in [2.45, 2.75) is 140 Å². The highest BCUT2D eigenvalue weighted by atomic mass is 16.4. The number of nitrogens with two attached hydrogens (primary N) is 3. The van der Waals surface area contributed by atoms with Crippen molar-refractivity contribution in [2.24, 2.45) is 28.1 Å². The fourth-order valence-electron chi connectivity index (χ4n) is 7.22. The molecule has 0 aliphatic carbocycles. The maximum absolute atomic E-state index is 13.8. The van der Waals surface area contributed by atoms with E-state index in [-0.39, 0.29) is 51.3 Å². The second kappa shape index (κ2) is 27.4. The molecule has 2 rings (SSSR count). The number of aliphatic imine (C=N–C) groups is 1. The largest absolute Gasteiger partial charge is 0.480 e. The molecule has 11 atom stereocenters. The van der Waals surface area contributed by atoms with Gasteiger partial charge in [0.2, 0.25) is 53.2 Å². The van der Waals surface area contributed by atoms with Crippen LogP contribution in [0.2, 0.25) is 0 Å². The van der Waals surface area contributed by atoms with Gasteiger partial charge in [-0.15, -0.1) is 0 Å². The number of hydrogen-bond acceptors (Lipinski definition) is 15. The molecule has 0 saturated carbocycles. The number of rotatable bonds is 26. The van der Waals surface area contributed by atoms with Crippen LogP contribution in [0.3, 0.4) is 0 Å². The van der Waals surface area contributed by atoms with Crippen LogP contribution >= 0.6 is 0 Å². The van der Waals surface area contributed by atoms with Gasteiger partial charge in [-0.1, -0.05) is 20.3 Å². The first-order valence-corrected chi connectivity index (χ1v) is 22.1. The summed E-state index contributed by atoms with van der Waals surface area (Å²) in [6.45, 7) is 5.10. The molecule has 27 heteroatoms. The van der Waals surface area contributed by atoms with Crippen molar-refractivity contribution in [3.63, 3.8) is 0 Å². The third kappa shape index (κ3) is 17.2. The molecule has 2 fully saturated rings. The standard InChI is InChI=1S/C40H69N13O14/c1-6-19(2)29(50-35(62)27-12-9-15-53(27)38(65)30(22(5)56)51-31(58)20(3)41)36(63)48-24(17-54)37(64)52-14-8-11-26(52)34(61)45-16-28(57)47-23(10-7-13-44-40(42)43)33(60)46-21(4)32(59)49-25(18-55)39(66)67/h19-27,29-30,54-56H,6-18,41H2,1-5H3,(H,45,61)(H,46,60)(H,47,57)(H,48,63)(H,49,59)(H,50,62)(H,51,58)(H,66,67)(H4,42,43,44)/t19-,20-,21-,22+,23-,24-,25-,26-,27-,29-,30-/m0/s1. The van der Waals surface area contributed by atoms with E-state index in [0.717, 1.165) is 4.90 Å². The van der Waals surface area contributed by atoms with Crippen LogP contribution in [0.1, 0.15) is 79.6 Å². The van der Waals surface area contributed by atoms with Crippen molar-refractivity contribution in [1.29, 1.82) is 0 Å². The van der Waals surface area contributed by atoms with E-state index in [1.165, 1.54) is 25.7 Å². The quantitative estimate of drug-likeness (QED) is 0.0218. The number of carboxylic acids is 1. The Bertz CT molecular complexity index is 1810. The Kier molecular flexibility index (Phi) is 23.3. The molecule has 27 nitrogen and oxygen atoms in total. The second-order valence-electron chi connectivity index (χ2n) is 16.6. The molecular weight excluding hydrogens is 887 g/mol. The summed E-state index contributed by atoms with van der Waals surface area (Å²) in [5, 5.41) is 55.8. The van der Waals surface area contributed by atoms with E-state index in [0.29, 0.717) is 19.3 Å². The van der Waals surface area contributed by atoms with Gasteiger partial charge in [0, 0.05) is 19.6 Å². The molecule has 0 aromatic rings. The molecule has 0 radical (unpaired) electrons. The van der Waals surface area contributed by atoms with Crippen molar-refractivity contribution < 1.29 is 68.4 Å². The van der Waals surface area contributed by atoms with Crippen LogP contribution in [-0.4, -0.2) is 195 Å².